The average Bonchev–Trinajstić information content (AvgIpc) is 1.00. The number of hydrogen-bond acceptors (Lipinski definition) is 1. The Kier molecular flexibility index (Phi) is 359. The molecule has 0 heterocycles. The van der Waals surface area contributed by atoms with Gasteiger partial charge in [-0.25, -0.2) is 0 Å². The zero-order valence-corrected chi connectivity index (χ0v) is 10.1. The molecule has 0 unspecified atom stereocenters. The molecule has 1 nitrogen and oxygen atoms in total. The predicted octanol–water partition coefficient (Wildman–Crippen LogP) is -2.50. The summed E-state index contributed by atoms with van der Waals surface area (Å²) in [6, 6.07) is 0. The molecule has 0 atom stereocenters. The van der Waals surface area contributed by atoms with Crippen molar-refractivity contribution in [2.24, 2.45) is 0 Å². The Bertz CT molecular complexity index is 9.65. The first-order chi connectivity index (χ1) is 1.00. The van der Waals surface area contributed by atoms with Crippen LogP contribution in [0.3, 0.4) is 0 Å². The summed E-state index contributed by atoms with van der Waals surface area (Å²) in [6.45, 7) is 0. The quantitative estimate of drug-likeness (QED) is 0.366. The second kappa shape index (κ2) is 54.6. The third-order valence-corrected chi connectivity index (χ3v) is 0. The third-order valence-electron chi connectivity index (χ3n) is 0. The van der Waals surface area contributed by atoms with Gasteiger partial charge in [0.15, 0.2) is 34.7 Å². The Hall–Kier alpha value is 3.62. The first kappa shape index (κ1) is 46.1. The Labute approximate surface area is 119 Å². The van der Waals surface area contributed by atoms with Gasteiger partial charge in [0.1, 0.15) is 0 Å². The summed E-state index contributed by atoms with van der Waals surface area (Å²) in [5.41, 5.74) is 0. The van der Waals surface area contributed by atoms with Crippen LogP contribution in [0.2, 0.25) is 0 Å². The molecule has 7 heavy (non-hydrogen) atoms. The fourth-order valence-corrected chi connectivity index (χ4v) is 0. The molecule has 0 aromatic heterocycles. The van der Waals surface area contributed by atoms with Crippen molar-refractivity contribution >= 4 is 34.7 Å². The zero-order chi connectivity index (χ0) is 2.00. The van der Waals surface area contributed by atoms with E-state index in [1.807, 2.05) is 0 Å². The summed E-state index contributed by atoms with van der Waals surface area (Å²) in [7, 11) is 0. The minimum atomic E-state index is 0. The van der Waals surface area contributed by atoms with Crippen molar-refractivity contribution in [3.8, 4) is 0 Å². The third kappa shape index (κ3) is 42.6. The molecule has 42 valence electrons. The van der Waals surface area contributed by atoms with E-state index in [9.17, 15) is 0 Å². The maximum absolute atomic E-state index is 8.26. The van der Waals surface area contributed by atoms with Crippen molar-refractivity contribution in [2.45, 2.75) is 0 Å². The van der Waals surface area contributed by atoms with Gasteiger partial charge in [-0.05, 0) is 0 Å². The molecular formula is H6Al2Mo4O. The monoisotopic (exact) mass is 468 g/mol. The van der Waals surface area contributed by atoms with Gasteiger partial charge in [-0.3, -0.25) is 0 Å². The van der Waals surface area contributed by atoms with E-state index in [4.69, 9.17) is 3.40 Å². The van der Waals surface area contributed by atoms with Crippen molar-refractivity contribution in [1.29, 1.82) is 0 Å². The zero-order valence-electron chi connectivity index (χ0n) is 2.04. The molecule has 0 N–H and O–H groups in total. The van der Waals surface area contributed by atoms with E-state index in [2.05, 4.69) is 0 Å². The minimum absolute atomic E-state index is 0. The summed E-state index contributed by atoms with van der Waals surface area (Å²) in [4.78, 5) is 0. The molecule has 0 aliphatic heterocycles. The van der Waals surface area contributed by atoms with Crippen molar-refractivity contribution in [3.63, 3.8) is 0 Å². The van der Waals surface area contributed by atoms with E-state index >= 15 is 0 Å². The van der Waals surface area contributed by atoms with Gasteiger partial charge >= 0.3 is 23.2 Å². The summed E-state index contributed by atoms with van der Waals surface area (Å²) in [5.74, 6) is 0. The maximum atomic E-state index is 8.26. The Morgan fingerprint density at radius 1 is 0.714 bits per heavy atom. The average molecular weight is 460 g/mol. The molecule has 0 rings (SSSR count). The molecular weight excluding hydrogens is 454 g/mol. The van der Waals surface area contributed by atoms with Crippen LogP contribution in [0.4, 0.5) is 0 Å². The van der Waals surface area contributed by atoms with Crippen LogP contribution in [-0.4, -0.2) is 34.7 Å². The van der Waals surface area contributed by atoms with Crippen LogP contribution in [0.25, 0.3) is 0 Å². The number of hydrogen-bond donors (Lipinski definition) is 0. The van der Waals surface area contributed by atoms with Gasteiger partial charge < -0.3 is 0 Å². The van der Waals surface area contributed by atoms with Gasteiger partial charge in [0.05, 0.1) is 0 Å². The van der Waals surface area contributed by atoms with Crippen LogP contribution in [-0.2, 0) is 86.4 Å². The molecule has 0 aromatic carbocycles. The Morgan fingerprint density at radius 3 is 0.714 bits per heavy atom. The standard InChI is InChI=1S/2Al.4Mo.O.6H. The summed E-state index contributed by atoms with van der Waals surface area (Å²) < 4.78 is 8.26. The molecule has 0 aromatic rings. The van der Waals surface area contributed by atoms with E-state index in [1.165, 1.54) is 0 Å². The van der Waals surface area contributed by atoms with E-state index in [0.717, 1.165) is 0 Å². The molecule has 0 saturated carbocycles. The SMILES string of the molecule is [AlH3].[AlH3].[Mo].[Mo].[Mo].[O]=[Mo]. The van der Waals surface area contributed by atoms with Crippen molar-refractivity contribution in [3.05, 3.63) is 0 Å². The van der Waals surface area contributed by atoms with E-state index < -0.39 is 0 Å². The van der Waals surface area contributed by atoms with Crippen LogP contribution in [0.5, 0.6) is 0 Å². The van der Waals surface area contributed by atoms with Gasteiger partial charge in [-0.15, -0.1) is 0 Å². The van der Waals surface area contributed by atoms with Crippen LogP contribution >= 0.6 is 0 Å². The molecule has 0 radical (unpaired) electrons. The molecule has 0 aliphatic carbocycles. The molecule has 0 amide bonds. The molecule has 0 saturated heterocycles. The Morgan fingerprint density at radius 2 is 0.714 bits per heavy atom. The van der Waals surface area contributed by atoms with Gasteiger partial charge in [0, 0.05) is 63.2 Å². The molecule has 0 fully saturated rings. The van der Waals surface area contributed by atoms with Crippen LogP contribution < -0.4 is 0 Å². The van der Waals surface area contributed by atoms with E-state index in [0.29, 0.717) is 19.8 Å². The second-order valence-corrected chi connectivity index (χ2v) is 0. The van der Waals surface area contributed by atoms with E-state index in [1.54, 1.807) is 0 Å². The number of rotatable bonds is 0. The topological polar surface area (TPSA) is 17.1 Å². The van der Waals surface area contributed by atoms with Crippen LogP contribution in [0.15, 0.2) is 0 Å². The fraction of sp³-hybridized carbons (Fsp3) is 0. The normalized spacial score (nSPS) is 0.571. The molecule has 0 aliphatic rings. The van der Waals surface area contributed by atoms with Crippen molar-refractivity contribution < 1.29 is 86.4 Å². The van der Waals surface area contributed by atoms with Crippen molar-refractivity contribution in [1.82, 2.24) is 0 Å². The molecule has 0 spiro atoms. The van der Waals surface area contributed by atoms with Gasteiger partial charge in [0.25, 0.3) is 0 Å². The first-order valence-corrected chi connectivity index (χ1v) is 0.986. The van der Waals surface area contributed by atoms with Crippen LogP contribution in [0, 0.1) is 0 Å². The van der Waals surface area contributed by atoms with E-state index in [-0.39, 0.29) is 97.9 Å². The van der Waals surface area contributed by atoms with Crippen molar-refractivity contribution in [2.75, 3.05) is 0 Å². The van der Waals surface area contributed by atoms with Gasteiger partial charge in [0.2, 0.25) is 0 Å². The van der Waals surface area contributed by atoms with Crippen LogP contribution in [0.1, 0.15) is 0 Å². The van der Waals surface area contributed by atoms with Gasteiger partial charge in [-0.2, -0.15) is 0 Å². The Balaban J connectivity index is -0.000000000500. The first-order valence-electron chi connectivity index (χ1n) is 0.167. The predicted molar refractivity (Wildman–Crippen MR) is 20.6 cm³/mol. The molecule has 0 bridgehead atoms. The summed E-state index contributed by atoms with van der Waals surface area (Å²) in [5, 5.41) is 0. The molecule has 7 heteroatoms. The summed E-state index contributed by atoms with van der Waals surface area (Å²) >= 11 is 0.700. The summed E-state index contributed by atoms with van der Waals surface area (Å²) in [6.07, 6.45) is 0. The second-order valence-electron chi connectivity index (χ2n) is 0. The fourth-order valence-electron chi connectivity index (χ4n) is 0. The van der Waals surface area contributed by atoms with Gasteiger partial charge in [-0.1, -0.05) is 0 Å².